The van der Waals surface area contributed by atoms with Gasteiger partial charge in [0.15, 0.2) is 0 Å². The first-order valence-corrected chi connectivity index (χ1v) is 7.64. The van der Waals surface area contributed by atoms with E-state index in [1.54, 1.807) is 20.8 Å². The number of hydrogen-bond acceptors (Lipinski definition) is 5. The Morgan fingerprint density at radius 2 is 1.79 bits per heavy atom. The average Bonchev–Trinajstić information content (AvgIpc) is 2.52. The Morgan fingerprint density at radius 1 is 1.17 bits per heavy atom. The van der Waals surface area contributed by atoms with Crippen LogP contribution < -0.4 is 0 Å². The third kappa shape index (κ3) is 6.83. The number of nitrogens with zero attached hydrogens (tertiary/aromatic N) is 1. The van der Waals surface area contributed by atoms with Crippen molar-refractivity contribution in [2.45, 2.75) is 33.0 Å². The van der Waals surface area contributed by atoms with Crippen LogP contribution in [-0.4, -0.2) is 42.8 Å². The summed E-state index contributed by atoms with van der Waals surface area (Å²) >= 11 is 0. The fourth-order valence-corrected chi connectivity index (χ4v) is 1.80. The van der Waals surface area contributed by atoms with Crippen LogP contribution in [0.4, 0.5) is 4.79 Å². The summed E-state index contributed by atoms with van der Waals surface area (Å²) in [4.78, 5) is 25.1. The van der Waals surface area contributed by atoms with Crippen molar-refractivity contribution in [2.24, 2.45) is 0 Å². The van der Waals surface area contributed by atoms with Gasteiger partial charge in [0.2, 0.25) is 0 Å². The summed E-state index contributed by atoms with van der Waals surface area (Å²) in [5, 5.41) is 0. The van der Waals surface area contributed by atoms with Gasteiger partial charge < -0.3 is 14.2 Å². The molecule has 0 spiro atoms. The molecule has 132 valence electrons. The Labute approximate surface area is 143 Å². The van der Waals surface area contributed by atoms with Crippen molar-refractivity contribution in [1.29, 1.82) is 0 Å². The van der Waals surface area contributed by atoms with Crippen LogP contribution in [0.2, 0.25) is 0 Å². The zero-order chi connectivity index (χ0) is 18.2. The van der Waals surface area contributed by atoms with E-state index in [1.807, 2.05) is 30.3 Å². The first-order chi connectivity index (χ1) is 11.2. The van der Waals surface area contributed by atoms with Crippen LogP contribution in [0.15, 0.2) is 42.6 Å². The lowest BCUT2D eigenvalue weighted by Gasteiger charge is -2.27. The van der Waals surface area contributed by atoms with Gasteiger partial charge in [-0.15, -0.1) is 0 Å². The van der Waals surface area contributed by atoms with Crippen LogP contribution in [0.3, 0.4) is 0 Å². The summed E-state index contributed by atoms with van der Waals surface area (Å²) in [5.74, 6) is -0.691. The van der Waals surface area contributed by atoms with Crippen LogP contribution in [0.25, 0.3) is 0 Å². The van der Waals surface area contributed by atoms with Crippen molar-refractivity contribution >= 4 is 12.1 Å². The fourth-order valence-electron chi connectivity index (χ4n) is 1.80. The molecule has 0 bridgehead atoms. The van der Waals surface area contributed by atoms with Crippen LogP contribution in [0.5, 0.6) is 0 Å². The number of amides is 1. The predicted octanol–water partition coefficient (Wildman–Crippen LogP) is 3.13. The Hall–Kier alpha value is -2.34. The van der Waals surface area contributed by atoms with Gasteiger partial charge in [-0.25, -0.2) is 9.59 Å². The predicted molar refractivity (Wildman–Crippen MR) is 90.2 cm³/mol. The van der Waals surface area contributed by atoms with E-state index in [4.69, 9.17) is 9.47 Å². The number of benzene rings is 1. The fraction of sp³-hybridized carbons (Fsp3) is 0.444. The molecule has 6 heteroatoms. The quantitative estimate of drug-likeness (QED) is 0.435. The Bertz CT molecular complexity index is 563. The van der Waals surface area contributed by atoms with E-state index in [-0.39, 0.29) is 18.8 Å². The Morgan fingerprint density at radius 3 is 2.33 bits per heavy atom. The zero-order valence-corrected chi connectivity index (χ0v) is 14.7. The minimum absolute atomic E-state index is 0.0879. The highest BCUT2D eigenvalue weighted by Gasteiger charge is 2.27. The lowest BCUT2D eigenvalue weighted by molar-refractivity contribution is -0.138. The number of rotatable bonds is 7. The summed E-state index contributed by atoms with van der Waals surface area (Å²) in [6.45, 7) is 9.62. The van der Waals surface area contributed by atoms with E-state index in [0.29, 0.717) is 6.61 Å². The minimum Gasteiger partial charge on any atom is -0.464 e. The second kappa shape index (κ2) is 9.08. The van der Waals surface area contributed by atoms with Crippen LogP contribution in [0.1, 0.15) is 26.3 Å². The molecule has 0 saturated carbocycles. The molecule has 1 aromatic rings. The molecule has 0 N–H and O–H groups in total. The molecule has 24 heavy (non-hydrogen) atoms. The van der Waals surface area contributed by atoms with Gasteiger partial charge in [-0.1, -0.05) is 36.9 Å². The van der Waals surface area contributed by atoms with Crippen molar-refractivity contribution in [1.82, 2.24) is 4.90 Å². The zero-order valence-electron chi connectivity index (χ0n) is 14.7. The molecule has 0 fully saturated rings. The van der Waals surface area contributed by atoms with Crippen molar-refractivity contribution in [3.05, 3.63) is 48.2 Å². The lowest BCUT2D eigenvalue weighted by atomic mass is 10.2. The number of ether oxygens (including phenoxy) is 3. The molecule has 0 atom stereocenters. The Kier molecular flexibility index (Phi) is 7.45. The molecule has 0 aliphatic rings. The SMILES string of the molecule is C=C(C(=O)OC)N(CCOCc1ccccc1)C(=O)OC(C)(C)C. The van der Waals surface area contributed by atoms with Gasteiger partial charge >= 0.3 is 12.1 Å². The van der Waals surface area contributed by atoms with Gasteiger partial charge in [0, 0.05) is 0 Å². The second-order valence-corrected chi connectivity index (χ2v) is 6.11. The molecule has 0 aliphatic carbocycles. The maximum Gasteiger partial charge on any atom is 0.415 e. The molecule has 0 radical (unpaired) electrons. The number of carbonyl (C=O) groups is 2. The highest BCUT2D eigenvalue weighted by atomic mass is 16.6. The van der Waals surface area contributed by atoms with E-state index in [9.17, 15) is 9.59 Å². The van der Waals surface area contributed by atoms with Crippen LogP contribution in [0, 0.1) is 0 Å². The normalized spacial score (nSPS) is 10.8. The number of esters is 1. The van der Waals surface area contributed by atoms with Crippen molar-refractivity contribution in [2.75, 3.05) is 20.3 Å². The summed E-state index contributed by atoms with van der Waals surface area (Å²) < 4.78 is 15.5. The lowest BCUT2D eigenvalue weighted by Crippen LogP contribution is -2.40. The molecule has 1 rings (SSSR count). The summed E-state index contributed by atoms with van der Waals surface area (Å²) in [7, 11) is 1.23. The number of carbonyl (C=O) groups excluding carboxylic acids is 2. The topological polar surface area (TPSA) is 65.1 Å². The van der Waals surface area contributed by atoms with E-state index < -0.39 is 17.7 Å². The van der Waals surface area contributed by atoms with Gasteiger partial charge in [-0.05, 0) is 26.3 Å². The van der Waals surface area contributed by atoms with E-state index in [1.165, 1.54) is 7.11 Å². The smallest absolute Gasteiger partial charge is 0.415 e. The monoisotopic (exact) mass is 335 g/mol. The molecule has 1 amide bonds. The molecular formula is C18H25NO5. The summed E-state index contributed by atoms with van der Waals surface area (Å²) in [6.07, 6.45) is -0.666. The highest BCUT2D eigenvalue weighted by molar-refractivity contribution is 5.91. The Balaban J connectivity index is 2.62. The molecule has 0 heterocycles. The maximum absolute atomic E-state index is 12.3. The van der Waals surface area contributed by atoms with Gasteiger partial charge in [0.25, 0.3) is 0 Å². The number of methoxy groups -OCH3 is 1. The largest absolute Gasteiger partial charge is 0.464 e. The van der Waals surface area contributed by atoms with Gasteiger partial charge in [-0.2, -0.15) is 0 Å². The summed E-state index contributed by atoms with van der Waals surface area (Å²) in [6, 6.07) is 9.65. The molecular weight excluding hydrogens is 310 g/mol. The van der Waals surface area contributed by atoms with Crippen molar-refractivity contribution in [3.63, 3.8) is 0 Å². The molecule has 0 aliphatic heterocycles. The van der Waals surface area contributed by atoms with E-state index >= 15 is 0 Å². The van der Waals surface area contributed by atoms with E-state index in [0.717, 1.165) is 10.5 Å². The first-order valence-electron chi connectivity index (χ1n) is 7.64. The average molecular weight is 335 g/mol. The standard InChI is InChI=1S/C18H25NO5/c1-14(16(20)22-5)19(17(21)24-18(2,3)4)11-12-23-13-15-9-7-6-8-10-15/h6-10H,1,11-13H2,2-5H3. The molecule has 0 aromatic heterocycles. The second-order valence-electron chi connectivity index (χ2n) is 6.11. The van der Waals surface area contributed by atoms with Gasteiger partial charge in [0.05, 0.1) is 26.9 Å². The molecule has 0 unspecified atom stereocenters. The van der Waals surface area contributed by atoms with Gasteiger partial charge in [-0.3, -0.25) is 4.90 Å². The number of hydrogen-bond donors (Lipinski definition) is 0. The maximum atomic E-state index is 12.3. The minimum atomic E-state index is -0.691. The third-order valence-electron chi connectivity index (χ3n) is 2.93. The van der Waals surface area contributed by atoms with Gasteiger partial charge in [0.1, 0.15) is 11.3 Å². The molecule has 6 nitrogen and oxygen atoms in total. The van der Waals surface area contributed by atoms with Crippen LogP contribution in [-0.2, 0) is 25.6 Å². The van der Waals surface area contributed by atoms with Crippen LogP contribution >= 0.6 is 0 Å². The molecule has 0 saturated heterocycles. The van der Waals surface area contributed by atoms with Crippen molar-refractivity contribution < 1.29 is 23.8 Å². The first kappa shape index (κ1) is 19.7. The highest BCUT2D eigenvalue weighted by Crippen LogP contribution is 2.14. The summed E-state index contributed by atoms with van der Waals surface area (Å²) in [5.41, 5.74) is 0.250. The van der Waals surface area contributed by atoms with E-state index in [2.05, 4.69) is 11.3 Å². The molecule has 1 aromatic carbocycles. The van der Waals surface area contributed by atoms with Crippen molar-refractivity contribution in [3.8, 4) is 0 Å². The third-order valence-corrected chi connectivity index (χ3v) is 2.93.